The van der Waals surface area contributed by atoms with E-state index >= 15 is 0 Å². The van der Waals surface area contributed by atoms with E-state index in [1.807, 2.05) is 13.8 Å². The average Bonchev–Trinajstić information content (AvgIpc) is 2.77. The van der Waals surface area contributed by atoms with Gasteiger partial charge in [0.15, 0.2) is 0 Å². The van der Waals surface area contributed by atoms with Gasteiger partial charge in [-0.05, 0) is 55.8 Å². The Morgan fingerprint density at radius 3 is 2.17 bits per heavy atom. The maximum atomic E-state index is 12.8. The Morgan fingerprint density at radius 1 is 0.933 bits per heavy atom. The second-order valence-corrected chi connectivity index (χ2v) is 9.44. The van der Waals surface area contributed by atoms with Crippen molar-refractivity contribution in [3.8, 4) is 0 Å². The van der Waals surface area contributed by atoms with Crippen LogP contribution in [0.5, 0.6) is 0 Å². The largest absolute Gasteiger partial charge is 0.350 e. The lowest BCUT2D eigenvalue weighted by molar-refractivity contribution is -0.132. The lowest BCUT2D eigenvalue weighted by Gasteiger charge is -2.27. The summed E-state index contributed by atoms with van der Waals surface area (Å²) in [5.74, 6) is 0.0851. The molecule has 0 aromatic heterocycles. The van der Waals surface area contributed by atoms with E-state index in [0.717, 1.165) is 37.8 Å². The van der Waals surface area contributed by atoms with Gasteiger partial charge >= 0.3 is 0 Å². The molecule has 5 heteroatoms. The molecular formula is C25H39N3O2. The van der Waals surface area contributed by atoms with Gasteiger partial charge < -0.3 is 10.6 Å². The van der Waals surface area contributed by atoms with E-state index in [0.29, 0.717) is 6.54 Å². The van der Waals surface area contributed by atoms with Gasteiger partial charge in [0, 0.05) is 19.0 Å². The number of hydrogen-bond donors (Lipinski definition) is 2. The van der Waals surface area contributed by atoms with Crippen LogP contribution in [0.2, 0.25) is 0 Å². The van der Waals surface area contributed by atoms with Gasteiger partial charge in [0.2, 0.25) is 11.8 Å². The number of rotatable bonds is 8. The smallest absolute Gasteiger partial charge is 0.243 e. The SMILES string of the molecule is CC(C)C(NC(=O)C1CCCCC1)C(=O)NCc1ccc(CN2CCCCC2)cc1. The summed E-state index contributed by atoms with van der Waals surface area (Å²) in [6.07, 6.45) is 9.30. The monoisotopic (exact) mass is 413 g/mol. The van der Waals surface area contributed by atoms with Crippen LogP contribution in [0.4, 0.5) is 0 Å². The van der Waals surface area contributed by atoms with Crippen LogP contribution in [0.25, 0.3) is 0 Å². The molecule has 1 aliphatic carbocycles. The molecule has 1 aliphatic heterocycles. The van der Waals surface area contributed by atoms with E-state index in [2.05, 4.69) is 39.8 Å². The fraction of sp³-hybridized carbons (Fsp3) is 0.680. The number of benzene rings is 1. The van der Waals surface area contributed by atoms with Crippen LogP contribution in [0.1, 0.15) is 76.3 Å². The molecule has 0 bridgehead atoms. The molecule has 2 fully saturated rings. The highest BCUT2D eigenvalue weighted by atomic mass is 16.2. The molecule has 30 heavy (non-hydrogen) atoms. The predicted octanol–water partition coefficient (Wildman–Crippen LogP) is 4.01. The van der Waals surface area contributed by atoms with Crippen LogP contribution in [0.15, 0.2) is 24.3 Å². The molecule has 0 radical (unpaired) electrons. The van der Waals surface area contributed by atoms with Gasteiger partial charge in [-0.15, -0.1) is 0 Å². The summed E-state index contributed by atoms with van der Waals surface area (Å²) in [7, 11) is 0. The summed E-state index contributed by atoms with van der Waals surface area (Å²) in [6.45, 7) is 7.87. The van der Waals surface area contributed by atoms with Crippen LogP contribution in [0.3, 0.4) is 0 Å². The van der Waals surface area contributed by atoms with Crippen molar-refractivity contribution in [2.45, 2.75) is 84.3 Å². The zero-order chi connectivity index (χ0) is 21.3. The summed E-state index contributed by atoms with van der Waals surface area (Å²) in [4.78, 5) is 27.9. The van der Waals surface area contributed by atoms with E-state index < -0.39 is 6.04 Å². The lowest BCUT2D eigenvalue weighted by atomic mass is 9.88. The van der Waals surface area contributed by atoms with Crippen molar-refractivity contribution in [2.24, 2.45) is 11.8 Å². The van der Waals surface area contributed by atoms with Crippen molar-refractivity contribution < 1.29 is 9.59 Å². The number of carbonyl (C=O) groups is 2. The first-order valence-electron chi connectivity index (χ1n) is 11.9. The third-order valence-electron chi connectivity index (χ3n) is 6.57. The Balaban J connectivity index is 1.47. The molecule has 3 rings (SSSR count). The Bertz CT molecular complexity index is 674. The van der Waals surface area contributed by atoms with Gasteiger partial charge in [-0.3, -0.25) is 14.5 Å². The summed E-state index contributed by atoms with van der Waals surface area (Å²) < 4.78 is 0. The lowest BCUT2D eigenvalue weighted by Crippen LogP contribution is -2.51. The Morgan fingerprint density at radius 2 is 1.53 bits per heavy atom. The number of likely N-dealkylation sites (tertiary alicyclic amines) is 1. The number of carbonyl (C=O) groups excluding carboxylic acids is 2. The minimum atomic E-state index is -0.474. The fourth-order valence-corrected chi connectivity index (χ4v) is 4.61. The normalized spacial score (nSPS) is 19.4. The summed E-state index contributed by atoms with van der Waals surface area (Å²) in [5, 5.41) is 6.05. The second kappa shape index (κ2) is 11.5. The van der Waals surface area contributed by atoms with Crippen LogP contribution < -0.4 is 10.6 Å². The number of hydrogen-bond acceptors (Lipinski definition) is 3. The predicted molar refractivity (Wildman–Crippen MR) is 121 cm³/mol. The van der Waals surface area contributed by atoms with Crippen LogP contribution in [0, 0.1) is 11.8 Å². The van der Waals surface area contributed by atoms with Crippen LogP contribution >= 0.6 is 0 Å². The van der Waals surface area contributed by atoms with Gasteiger partial charge in [0.1, 0.15) is 6.04 Å². The Hall–Kier alpha value is -1.88. The molecule has 1 aromatic rings. The zero-order valence-electron chi connectivity index (χ0n) is 18.8. The molecule has 2 amide bonds. The van der Waals surface area contributed by atoms with Gasteiger partial charge in [0.25, 0.3) is 0 Å². The molecule has 5 nitrogen and oxygen atoms in total. The van der Waals surface area contributed by atoms with Crippen molar-refractivity contribution in [1.29, 1.82) is 0 Å². The van der Waals surface area contributed by atoms with Gasteiger partial charge in [0.05, 0.1) is 0 Å². The summed E-state index contributed by atoms with van der Waals surface area (Å²) in [6, 6.07) is 8.06. The standard InChI is InChI=1S/C25H39N3O2/c1-19(2)23(27-24(29)22-9-5-3-6-10-22)25(30)26-17-20-11-13-21(14-12-20)18-28-15-7-4-8-16-28/h11-14,19,22-23H,3-10,15-18H2,1-2H3,(H,26,30)(H,27,29). The zero-order valence-corrected chi connectivity index (χ0v) is 18.8. The first-order chi connectivity index (χ1) is 14.5. The van der Waals surface area contributed by atoms with Gasteiger partial charge in [-0.25, -0.2) is 0 Å². The van der Waals surface area contributed by atoms with E-state index in [1.54, 1.807) is 0 Å². The van der Waals surface area contributed by atoms with E-state index in [4.69, 9.17) is 0 Å². The minimum Gasteiger partial charge on any atom is -0.350 e. The third-order valence-corrected chi connectivity index (χ3v) is 6.57. The van der Waals surface area contributed by atoms with Gasteiger partial charge in [-0.1, -0.05) is 63.8 Å². The third kappa shape index (κ3) is 6.83. The number of piperidine rings is 1. The van der Waals surface area contributed by atoms with E-state index in [1.165, 1.54) is 44.3 Å². The molecule has 1 atom stereocenters. The van der Waals surface area contributed by atoms with Crippen molar-refractivity contribution in [2.75, 3.05) is 13.1 Å². The molecular weight excluding hydrogens is 374 g/mol. The first-order valence-corrected chi connectivity index (χ1v) is 11.9. The number of nitrogens with one attached hydrogen (secondary N) is 2. The average molecular weight is 414 g/mol. The second-order valence-electron chi connectivity index (χ2n) is 9.44. The van der Waals surface area contributed by atoms with Crippen molar-refractivity contribution in [3.05, 3.63) is 35.4 Å². The number of amides is 2. The molecule has 2 N–H and O–H groups in total. The molecule has 1 unspecified atom stereocenters. The molecule has 1 saturated heterocycles. The van der Waals surface area contributed by atoms with Gasteiger partial charge in [-0.2, -0.15) is 0 Å². The molecule has 1 aromatic carbocycles. The molecule has 1 heterocycles. The molecule has 166 valence electrons. The Kier molecular flexibility index (Phi) is 8.74. The van der Waals surface area contributed by atoms with Crippen LogP contribution in [-0.2, 0) is 22.7 Å². The minimum absolute atomic E-state index is 0.0469. The highest BCUT2D eigenvalue weighted by molar-refractivity contribution is 5.88. The van der Waals surface area contributed by atoms with Crippen molar-refractivity contribution >= 4 is 11.8 Å². The fourth-order valence-electron chi connectivity index (χ4n) is 4.61. The number of nitrogens with zero attached hydrogens (tertiary/aromatic N) is 1. The highest BCUT2D eigenvalue weighted by Gasteiger charge is 2.28. The molecule has 2 aliphatic rings. The van der Waals surface area contributed by atoms with Crippen molar-refractivity contribution in [3.63, 3.8) is 0 Å². The Labute approximate surface area is 182 Å². The maximum Gasteiger partial charge on any atom is 0.243 e. The topological polar surface area (TPSA) is 61.4 Å². The summed E-state index contributed by atoms with van der Waals surface area (Å²) >= 11 is 0. The van der Waals surface area contributed by atoms with E-state index in [9.17, 15) is 9.59 Å². The quantitative estimate of drug-likeness (QED) is 0.677. The maximum absolute atomic E-state index is 12.8. The van der Waals surface area contributed by atoms with Crippen LogP contribution in [-0.4, -0.2) is 35.8 Å². The van der Waals surface area contributed by atoms with Crippen molar-refractivity contribution in [1.82, 2.24) is 15.5 Å². The first kappa shape index (κ1) is 22.8. The van der Waals surface area contributed by atoms with E-state index in [-0.39, 0.29) is 23.7 Å². The molecule has 0 spiro atoms. The molecule has 1 saturated carbocycles. The summed E-state index contributed by atoms with van der Waals surface area (Å²) in [5.41, 5.74) is 2.42. The highest BCUT2D eigenvalue weighted by Crippen LogP contribution is 2.24.